The van der Waals surface area contributed by atoms with Gasteiger partial charge in [0.15, 0.2) is 0 Å². The molecule has 0 aliphatic carbocycles. The van der Waals surface area contributed by atoms with Crippen molar-refractivity contribution in [3.05, 3.63) is 77.2 Å². The first-order valence-electron chi connectivity index (χ1n) is 11.2. The lowest BCUT2D eigenvalue weighted by Crippen LogP contribution is -2.21. The van der Waals surface area contributed by atoms with E-state index in [1.54, 1.807) is 12.1 Å². The number of halogens is 5. The van der Waals surface area contributed by atoms with Crippen LogP contribution in [0, 0.1) is 5.92 Å². The fourth-order valence-corrected chi connectivity index (χ4v) is 4.46. The van der Waals surface area contributed by atoms with E-state index in [9.17, 15) is 27.1 Å². The summed E-state index contributed by atoms with van der Waals surface area (Å²) in [6, 6.07) is 9.70. The Morgan fingerprint density at radius 1 is 1.09 bits per heavy atom. The summed E-state index contributed by atoms with van der Waals surface area (Å²) in [6.45, 7) is 6.21. The predicted octanol–water partition coefficient (Wildman–Crippen LogP) is 6.78. The van der Waals surface area contributed by atoms with Gasteiger partial charge in [0.05, 0.1) is 11.3 Å². The molecule has 3 aromatic rings. The first-order valence-corrected chi connectivity index (χ1v) is 11.2. The molecule has 1 aromatic heterocycles. The van der Waals surface area contributed by atoms with E-state index in [0.717, 1.165) is 48.2 Å². The average molecular weight is 495 g/mol. The third-order valence-electron chi connectivity index (χ3n) is 6.48. The molecule has 0 bridgehead atoms. The lowest BCUT2D eigenvalue weighted by Gasteiger charge is -2.16. The molecular formula is C26H27F5N2O2. The van der Waals surface area contributed by atoms with Gasteiger partial charge in [-0.05, 0) is 61.0 Å². The summed E-state index contributed by atoms with van der Waals surface area (Å²) in [4.78, 5) is 2.24. The maximum atomic E-state index is 13.8. The van der Waals surface area contributed by atoms with Crippen LogP contribution < -0.4 is 4.74 Å². The SMILES string of the molecule is C=C(O)C1CCN(Cc2cc3cc(OCc4cc(C(C)(F)F)cc(C(F)(F)F)c4)ccc3n2C)C1. The molecule has 1 N–H and O–H groups in total. The second-order valence-corrected chi connectivity index (χ2v) is 9.22. The van der Waals surface area contributed by atoms with Crippen LogP contribution in [-0.4, -0.2) is 27.7 Å². The number of hydrogen-bond donors (Lipinski definition) is 1. The Balaban J connectivity index is 1.51. The van der Waals surface area contributed by atoms with Crippen molar-refractivity contribution >= 4 is 10.9 Å². The van der Waals surface area contributed by atoms with Gasteiger partial charge in [-0.25, -0.2) is 8.78 Å². The van der Waals surface area contributed by atoms with Crippen molar-refractivity contribution < 1.29 is 31.8 Å². The minimum Gasteiger partial charge on any atom is -0.513 e. The molecule has 35 heavy (non-hydrogen) atoms. The lowest BCUT2D eigenvalue weighted by atomic mass is 10.0. The zero-order valence-corrected chi connectivity index (χ0v) is 19.5. The molecule has 4 rings (SSSR count). The first-order chi connectivity index (χ1) is 16.3. The average Bonchev–Trinajstić information content (AvgIpc) is 3.36. The summed E-state index contributed by atoms with van der Waals surface area (Å²) in [5, 5.41) is 10.5. The fourth-order valence-electron chi connectivity index (χ4n) is 4.46. The highest BCUT2D eigenvalue weighted by atomic mass is 19.4. The van der Waals surface area contributed by atoms with E-state index in [-0.39, 0.29) is 23.8 Å². The quantitative estimate of drug-likeness (QED) is 0.291. The number of fused-ring (bicyclic) bond motifs is 1. The molecule has 4 nitrogen and oxygen atoms in total. The number of likely N-dealkylation sites (tertiary alicyclic amines) is 1. The number of aryl methyl sites for hydroxylation is 1. The van der Waals surface area contributed by atoms with Crippen molar-refractivity contribution in [1.82, 2.24) is 9.47 Å². The Bertz CT molecular complexity index is 1210. The molecule has 1 unspecified atom stereocenters. The minimum atomic E-state index is -4.74. The summed E-state index contributed by atoms with van der Waals surface area (Å²) in [7, 11) is 1.95. The first kappa shape index (κ1) is 25.0. The van der Waals surface area contributed by atoms with Crippen molar-refractivity contribution in [2.45, 2.75) is 38.6 Å². The largest absolute Gasteiger partial charge is 0.513 e. The standard InChI is InChI=1S/C26H27F5N2O2/c1-16(34)18-6-7-33(13-18)14-22-10-19-11-23(4-5-24(19)32(22)3)35-15-17-8-20(25(2,27)28)12-21(9-17)26(29,30)31/h4-5,8-12,18,34H,1,6-7,13-15H2,2-3H3. The van der Waals surface area contributed by atoms with E-state index in [1.807, 2.05) is 19.2 Å². The molecule has 1 fully saturated rings. The smallest absolute Gasteiger partial charge is 0.416 e. The maximum absolute atomic E-state index is 13.8. The van der Waals surface area contributed by atoms with Crippen LogP contribution in [0.25, 0.3) is 10.9 Å². The monoisotopic (exact) mass is 494 g/mol. The third-order valence-corrected chi connectivity index (χ3v) is 6.48. The molecule has 1 aliphatic rings. The number of benzene rings is 2. The summed E-state index contributed by atoms with van der Waals surface area (Å²) in [5.74, 6) is -2.69. The molecular weight excluding hydrogens is 467 g/mol. The topological polar surface area (TPSA) is 37.6 Å². The van der Waals surface area contributed by atoms with E-state index in [2.05, 4.69) is 16.0 Å². The molecule has 188 valence electrons. The van der Waals surface area contributed by atoms with Crippen LogP contribution in [0.1, 0.15) is 35.7 Å². The predicted molar refractivity (Wildman–Crippen MR) is 123 cm³/mol. The van der Waals surface area contributed by atoms with Gasteiger partial charge in [0.25, 0.3) is 5.92 Å². The van der Waals surface area contributed by atoms with Gasteiger partial charge in [0.2, 0.25) is 0 Å². The molecule has 1 atom stereocenters. The van der Waals surface area contributed by atoms with E-state index in [1.165, 1.54) is 0 Å². The van der Waals surface area contributed by atoms with E-state index in [4.69, 9.17) is 4.74 Å². The number of hydrogen-bond acceptors (Lipinski definition) is 3. The van der Waals surface area contributed by atoms with Crippen LogP contribution in [0.4, 0.5) is 22.0 Å². The summed E-state index contributed by atoms with van der Waals surface area (Å²) in [5.41, 5.74) is 0.199. The van der Waals surface area contributed by atoms with Crippen LogP contribution in [0.2, 0.25) is 0 Å². The number of nitrogens with zero attached hydrogens (tertiary/aromatic N) is 2. The van der Waals surface area contributed by atoms with Crippen LogP contribution >= 0.6 is 0 Å². The highest BCUT2D eigenvalue weighted by Crippen LogP contribution is 2.36. The fraction of sp³-hybridized carbons (Fsp3) is 0.385. The van der Waals surface area contributed by atoms with E-state index >= 15 is 0 Å². The van der Waals surface area contributed by atoms with Crippen molar-refractivity contribution in [2.75, 3.05) is 13.1 Å². The third kappa shape index (κ3) is 5.61. The van der Waals surface area contributed by atoms with Gasteiger partial charge in [0, 0.05) is 55.1 Å². The molecule has 1 saturated heterocycles. The van der Waals surface area contributed by atoms with Gasteiger partial charge in [-0.1, -0.05) is 6.58 Å². The maximum Gasteiger partial charge on any atom is 0.416 e. The lowest BCUT2D eigenvalue weighted by molar-refractivity contribution is -0.137. The molecule has 9 heteroatoms. The van der Waals surface area contributed by atoms with Crippen LogP contribution in [0.3, 0.4) is 0 Å². The zero-order valence-electron chi connectivity index (χ0n) is 19.5. The van der Waals surface area contributed by atoms with Gasteiger partial charge in [-0.3, -0.25) is 4.90 Å². The number of aromatic nitrogens is 1. The van der Waals surface area contributed by atoms with Gasteiger partial charge in [-0.15, -0.1) is 0 Å². The Hall–Kier alpha value is -3.07. The highest BCUT2D eigenvalue weighted by Gasteiger charge is 2.34. The molecule has 0 radical (unpaired) electrons. The van der Waals surface area contributed by atoms with Crippen molar-refractivity contribution in [2.24, 2.45) is 13.0 Å². The second kappa shape index (κ2) is 9.18. The normalized spacial score (nSPS) is 17.3. The highest BCUT2D eigenvalue weighted by molar-refractivity contribution is 5.82. The molecule has 0 spiro atoms. The van der Waals surface area contributed by atoms with Crippen molar-refractivity contribution in [3.63, 3.8) is 0 Å². The number of ether oxygens (including phenoxy) is 1. The molecule has 2 heterocycles. The van der Waals surface area contributed by atoms with Gasteiger partial charge in [0.1, 0.15) is 12.4 Å². The summed E-state index contributed by atoms with van der Waals surface area (Å²) < 4.78 is 74.9. The Kier molecular flexibility index (Phi) is 6.57. The van der Waals surface area contributed by atoms with Crippen molar-refractivity contribution in [1.29, 1.82) is 0 Å². The molecule has 1 aliphatic heterocycles. The molecule has 0 amide bonds. The zero-order chi connectivity index (χ0) is 25.5. The summed E-state index contributed by atoms with van der Waals surface area (Å²) >= 11 is 0. The van der Waals surface area contributed by atoms with Gasteiger partial charge in [-0.2, -0.15) is 13.2 Å². The number of aliphatic hydroxyl groups is 1. The van der Waals surface area contributed by atoms with E-state index in [0.29, 0.717) is 25.3 Å². The van der Waals surface area contributed by atoms with Gasteiger partial charge < -0.3 is 14.4 Å². The molecule has 2 aromatic carbocycles. The second-order valence-electron chi connectivity index (χ2n) is 9.22. The summed E-state index contributed by atoms with van der Waals surface area (Å²) in [6.07, 6.45) is -3.88. The number of alkyl halides is 5. The Labute approximate surface area is 200 Å². The Morgan fingerprint density at radius 3 is 2.43 bits per heavy atom. The van der Waals surface area contributed by atoms with Crippen LogP contribution in [-0.2, 0) is 32.3 Å². The Morgan fingerprint density at radius 2 is 1.80 bits per heavy atom. The van der Waals surface area contributed by atoms with Crippen LogP contribution in [0.15, 0.2) is 54.8 Å². The van der Waals surface area contributed by atoms with Crippen molar-refractivity contribution in [3.8, 4) is 5.75 Å². The molecule has 0 saturated carbocycles. The number of rotatable bonds is 7. The van der Waals surface area contributed by atoms with E-state index < -0.39 is 23.2 Å². The van der Waals surface area contributed by atoms with Crippen LogP contribution in [0.5, 0.6) is 5.75 Å². The minimum absolute atomic E-state index is 0.0132. The number of aliphatic hydroxyl groups excluding tert-OH is 1. The van der Waals surface area contributed by atoms with Gasteiger partial charge >= 0.3 is 6.18 Å².